The molecule has 2 rings (SSSR count). The van der Waals surface area contributed by atoms with Crippen LogP contribution in [0.5, 0.6) is 0 Å². The molecule has 78 valence electrons. The van der Waals surface area contributed by atoms with Crippen LogP contribution in [0.2, 0.25) is 0 Å². The Bertz CT molecular complexity index is 309. The molecule has 0 bridgehead atoms. The van der Waals surface area contributed by atoms with Crippen molar-refractivity contribution in [2.75, 3.05) is 6.54 Å². The number of hydrogen-bond donors (Lipinski definition) is 1. The predicted octanol–water partition coefficient (Wildman–Crippen LogP) is 1.27. The predicted molar refractivity (Wildman–Crippen MR) is 48.1 cm³/mol. The fourth-order valence-corrected chi connectivity index (χ4v) is 1.69. The molecule has 2 N–H and O–H groups in total. The minimum absolute atomic E-state index is 0.183. The van der Waals surface area contributed by atoms with Crippen molar-refractivity contribution in [3.63, 3.8) is 0 Å². The van der Waals surface area contributed by atoms with Crippen molar-refractivity contribution >= 4 is 0 Å². The number of halogens is 2. The summed E-state index contributed by atoms with van der Waals surface area (Å²) in [6.07, 6.45) is 4.30. The second-order valence-electron chi connectivity index (χ2n) is 3.60. The zero-order chi connectivity index (χ0) is 10.2. The minimum atomic E-state index is -2.98. The Morgan fingerprint density at radius 3 is 2.93 bits per heavy atom. The smallest absolute Gasteiger partial charge is 0.303 e. The number of rotatable bonds is 2. The van der Waals surface area contributed by atoms with Crippen LogP contribution in [-0.4, -0.2) is 16.1 Å². The van der Waals surface area contributed by atoms with E-state index in [0.717, 1.165) is 31.6 Å². The molecule has 1 aliphatic heterocycles. The number of nitrogens with zero attached hydrogens (tertiary/aromatic N) is 2. The highest BCUT2D eigenvalue weighted by Gasteiger charge is 2.33. The molecule has 1 aromatic rings. The molecule has 0 radical (unpaired) electrons. The Labute approximate surface area is 80.9 Å². The highest BCUT2D eigenvalue weighted by atomic mass is 19.3. The summed E-state index contributed by atoms with van der Waals surface area (Å²) in [6, 6.07) is 0. The van der Waals surface area contributed by atoms with E-state index in [1.165, 1.54) is 6.20 Å². The van der Waals surface area contributed by atoms with Gasteiger partial charge in [0.05, 0.1) is 6.54 Å². The lowest BCUT2D eigenvalue weighted by molar-refractivity contribution is 0.00162. The molecule has 0 fully saturated rings. The van der Waals surface area contributed by atoms with Crippen LogP contribution in [0.4, 0.5) is 8.78 Å². The molecule has 0 atom stereocenters. The maximum absolute atomic E-state index is 13.2. The monoisotopic (exact) mass is 201 g/mol. The van der Waals surface area contributed by atoms with E-state index in [1.807, 2.05) is 4.57 Å². The molecule has 0 aliphatic carbocycles. The van der Waals surface area contributed by atoms with E-state index in [1.54, 1.807) is 0 Å². The third kappa shape index (κ3) is 1.52. The van der Waals surface area contributed by atoms with Gasteiger partial charge in [-0.05, 0) is 12.8 Å². The van der Waals surface area contributed by atoms with Crippen molar-refractivity contribution < 1.29 is 8.78 Å². The lowest BCUT2D eigenvalue weighted by Crippen LogP contribution is -2.25. The summed E-state index contributed by atoms with van der Waals surface area (Å²) in [5.74, 6) is -2.22. The first-order chi connectivity index (χ1) is 6.63. The van der Waals surface area contributed by atoms with Gasteiger partial charge < -0.3 is 10.3 Å². The fourth-order valence-electron chi connectivity index (χ4n) is 1.69. The third-order valence-corrected chi connectivity index (χ3v) is 2.54. The van der Waals surface area contributed by atoms with Crippen molar-refractivity contribution in [1.82, 2.24) is 9.55 Å². The summed E-state index contributed by atoms with van der Waals surface area (Å²) in [4.78, 5) is 3.93. The summed E-state index contributed by atoms with van der Waals surface area (Å²) >= 11 is 0. The van der Waals surface area contributed by atoms with E-state index < -0.39 is 12.5 Å². The Morgan fingerprint density at radius 2 is 2.29 bits per heavy atom. The van der Waals surface area contributed by atoms with E-state index >= 15 is 0 Å². The maximum atomic E-state index is 13.2. The number of aryl methyl sites for hydroxylation is 2. The topological polar surface area (TPSA) is 43.8 Å². The summed E-state index contributed by atoms with van der Waals surface area (Å²) < 4.78 is 28.1. The van der Waals surface area contributed by atoms with Gasteiger partial charge in [-0.25, -0.2) is 4.98 Å². The molecular weight excluding hydrogens is 188 g/mol. The summed E-state index contributed by atoms with van der Waals surface area (Å²) in [6.45, 7) is 0.117. The molecule has 14 heavy (non-hydrogen) atoms. The van der Waals surface area contributed by atoms with E-state index in [9.17, 15) is 8.78 Å². The molecular formula is C9H13F2N3. The molecule has 0 saturated heterocycles. The second-order valence-corrected chi connectivity index (χ2v) is 3.60. The zero-order valence-electron chi connectivity index (χ0n) is 7.84. The summed E-state index contributed by atoms with van der Waals surface area (Å²) in [5, 5.41) is 0. The van der Waals surface area contributed by atoms with Gasteiger partial charge in [0.1, 0.15) is 11.5 Å². The number of aromatic nitrogens is 2. The van der Waals surface area contributed by atoms with Crippen LogP contribution >= 0.6 is 0 Å². The van der Waals surface area contributed by atoms with E-state index in [0.29, 0.717) is 0 Å². The molecule has 5 heteroatoms. The molecule has 0 spiro atoms. The molecule has 1 aromatic heterocycles. The van der Waals surface area contributed by atoms with Crippen LogP contribution in [0.3, 0.4) is 0 Å². The van der Waals surface area contributed by atoms with Gasteiger partial charge in [0.15, 0.2) is 0 Å². The van der Waals surface area contributed by atoms with Gasteiger partial charge in [0, 0.05) is 19.2 Å². The average molecular weight is 201 g/mol. The van der Waals surface area contributed by atoms with E-state index in [2.05, 4.69) is 4.98 Å². The van der Waals surface area contributed by atoms with Gasteiger partial charge in [-0.15, -0.1) is 0 Å². The van der Waals surface area contributed by atoms with Gasteiger partial charge in [0.25, 0.3) is 0 Å². The Hall–Kier alpha value is -0.970. The number of imidazole rings is 1. The molecule has 0 amide bonds. The van der Waals surface area contributed by atoms with Crippen molar-refractivity contribution in [2.24, 2.45) is 5.73 Å². The van der Waals surface area contributed by atoms with Crippen LogP contribution in [0.1, 0.15) is 24.4 Å². The molecule has 0 unspecified atom stereocenters. The molecule has 3 nitrogen and oxygen atoms in total. The molecule has 0 aromatic carbocycles. The lowest BCUT2D eigenvalue weighted by atomic mass is 10.2. The second kappa shape index (κ2) is 3.31. The van der Waals surface area contributed by atoms with Gasteiger partial charge in [-0.3, -0.25) is 0 Å². The molecule has 2 heterocycles. The largest absolute Gasteiger partial charge is 0.334 e. The number of alkyl halides is 2. The summed E-state index contributed by atoms with van der Waals surface area (Å²) in [5.41, 5.74) is 4.81. The van der Waals surface area contributed by atoms with Crippen LogP contribution < -0.4 is 5.73 Å². The van der Waals surface area contributed by atoms with E-state index in [-0.39, 0.29) is 5.69 Å². The zero-order valence-corrected chi connectivity index (χ0v) is 7.84. The maximum Gasteiger partial charge on any atom is 0.303 e. The fraction of sp³-hybridized carbons (Fsp3) is 0.667. The first-order valence-electron chi connectivity index (χ1n) is 4.78. The van der Waals surface area contributed by atoms with Gasteiger partial charge in [-0.1, -0.05) is 0 Å². The van der Waals surface area contributed by atoms with E-state index in [4.69, 9.17) is 5.73 Å². The number of fused-ring (bicyclic) bond motifs is 1. The molecule has 1 aliphatic rings. The van der Waals surface area contributed by atoms with Crippen LogP contribution in [0, 0.1) is 0 Å². The highest BCUT2D eigenvalue weighted by Crippen LogP contribution is 2.27. The van der Waals surface area contributed by atoms with Gasteiger partial charge >= 0.3 is 5.92 Å². The summed E-state index contributed by atoms with van der Waals surface area (Å²) in [7, 11) is 0. The van der Waals surface area contributed by atoms with Crippen molar-refractivity contribution in [3.05, 3.63) is 17.7 Å². The normalized spacial score (nSPS) is 16.8. The third-order valence-electron chi connectivity index (χ3n) is 2.54. The van der Waals surface area contributed by atoms with Gasteiger partial charge in [0.2, 0.25) is 0 Å². The van der Waals surface area contributed by atoms with Crippen LogP contribution in [0.15, 0.2) is 6.20 Å². The SMILES string of the molecule is NCC(F)(F)c1cn2c(n1)CCCC2. The Balaban J connectivity index is 2.32. The van der Waals surface area contributed by atoms with Gasteiger partial charge in [-0.2, -0.15) is 8.78 Å². The van der Waals surface area contributed by atoms with Crippen molar-refractivity contribution in [1.29, 1.82) is 0 Å². The quantitative estimate of drug-likeness (QED) is 0.783. The molecule has 0 saturated carbocycles. The number of nitrogens with two attached hydrogens (primary N) is 1. The average Bonchev–Trinajstić information content (AvgIpc) is 2.61. The highest BCUT2D eigenvalue weighted by molar-refractivity contribution is 5.12. The Kier molecular flexibility index (Phi) is 2.26. The van der Waals surface area contributed by atoms with Crippen LogP contribution in [0.25, 0.3) is 0 Å². The minimum Gasteiger partial charge on any atom is -0.334 e. The first kappa shape index (κ1) is 9.58. The van der Waals surface area contributed by atoms with Crippen molar-refractivity contribution in [2.45, 2.75) is 31.7 Å². The Morgan fingerprint density at radius 1 is 1.50 bits per heavy atom. The first-order valence-corrected chi connectivity index (χ1v) is 4.78. The standard InChI is InChI=1S/C9H13F2N3/c10-9(11,6-12)7-5-14-4-2-1-3-8(14)13-7/h5H,1-4,6,12H2. The van der Waals surface area contributed by atoms with Crippen molar-refractivity contribution in [3.8, 4) is 0 Å². The number of hydrogen-bond acceptors (Lipinski definition) is 2. The van der Waals surface area contributed by atoms with Crippen LogP contribution in [-0.2, 0) is 18.9 Å². The lowest BCUT2D eigenvalue weighted by Gasteiger charge is -2.11.